The molecular weight excluding hydrogens is 300 g/mol. The normalized spacial score (nSPS) is 9.39. The molecule has 2 aromatic heterocycles. The first-order valence-electron chi connectivity index (χ1n) is 6.59. The summed E-state index contributed by atoms with van der Waals surface area (Å²) in [5.41, 5.74) is 18.1. The van der Waals surface area contributed by atoms with Crippen molar-refractivity contribution < 1.29 is 14.2 Å². The fraction of sp³-hybridized carbons (Fsp3) is 0.286. The van der Waals surface area contributed by atoms with Gasteiger partial charge in [-0.3, -0.25) is 0 Å². The lowest BCUT2D eigenvalue weighted by Gasteiger charge is -2.07. The minimum Gasteiger partial charge on any atom is -0.481 e. The second-order valence-electron chi connectivity index (χ2n) is 4.23. The lowest BCUT2D eigenvalue weighted by molar-refractivity contribution is 0.368. The molecule has 2 aromatic rings. The molecule has 0 amide bonds. The van der Waals surface area contributed by atoms with Crippen LogP contribution in [0, 0.1) is 0 Å². The molecule has 0 unspecified atom stereocenters. The van der Waals surface area contributed by atoms with Gasteiger partial charge in [-0.05, 0) is 12.1 Å². The van der Waals surface area contributed by atoms with Crippen LogP contribution in [-0.4, -0.2) is 38.3 Å². The minimum atomic E-state index is 0.320. The average molecular weight is 322 g/mol. The van der Waals surface area contributed by atoms with E-state index in [1.807, 2.05) is 0 Å². The molecule has 126 valence electrons. The Morgan fingerprint density at radius 3 is 1.83 bits per heavy atom. The Labute approximate surface area is 134 Å². The second kappa shape index (κ2) is 8.37. The maximum atomic E-state index is 5.57. The molecule has 2 rings (SSSR count). The number of ether oxygens (including phenoxy) is 3. The Bertz CT molecular complexity index is 625. The molecule has 0 atom stereocenters. The standard InChI is InChI=1S/C7H11N3O2.C7H11N3O/c1-11-6-4(8)3-5(9)7(10-6)12-2;1-9-7-5(8)3-4-6(10-7)11-2/h3H,8-9H2,1-2H3;3-4H,8H2,1-2H3,(H,9,10). The number of nitrogens with one attached hydrogen (secondary N) is 1. The summed E-state index contributed by atoms with van der Waals surface area (Å²) in [4.78, 5) is 7.97. The molecule has 23 heavy (non-hydrogen) atoms. The largest absolute Gasteiger partial charge is 0.481 e. The Balaban J connectivity index is 0.000000231. The van der Waals surface area contributed by atoms with Crippen molar-refractivity contribution in [1.82, 2.24) is 9.97 Å². The number of pyridine rings is 2. The molecule has 0 aliphatic heterocycles. The summed E-state index contributed by atoms with van der Waals surface area (Å²) in [6.07, 6.45) is 0. The zero-order chi connectivity index (χ0) is 17.4. The van der Waals surface area contributed by atoms with Crippen molar-refractivity contribution in [3.8, 4) is 17.6 Å². The highest BCUT2D eigenvalue weighted by molar-refractivity contribution is 5.62. The monoisotopic (exact) mass is 322 g/mol. The minimum absolute atomic E-state index is 0.320. The first kappa shape index (κ1) is 18.0. The van der Waals surface area contributed by atoms with E-state index in [2.05, 4.69) is 15.3 Å². The molecule has 0 saturated heterocycles. The van der Waals surface area contributed by atoms with E-state index < -0.39 is 0 Å². The molecule has 0 aliphatic rings. The average Bonchev–Trinajstić information content (AvgIpc) is 2.56. The van der Waals surface area contributed by atoms with Crippen molar-refractivity contribution in [2.75, 3.05) is 50.9 Å². The van der Waals surface area contributed by atoms with Gasteiger partial charge in [0.2, 0.25) is 17.6 Å². The molecule has 0 aliphatic carbocycles. The van der Waals surface area contributed by atoms with Crippen LogP contribution in [0.25, 0.3) is 0 Å². The molecular formula is C14H22N6O3. The number of nitrogen functional groups attached to an aromatic ring is 3. The quantitative estimate of drug-likeness (QED) is 0.647. The van der Waals surface area contributed by atoms with Crippen molar-refractivity contribution >= 4 is 22.9 Å². The van der Waals surface area contributed by atoms with Crippen LogP contribution in [0.1, 0.15) is 0 Å². The van der Waals surface area contributed by atoms with Crippen LogP contribution in [0.15, 0.2) is 18.2 Å². The van der Waals surface area contributed by atoms with Crippen LogP contribution in [0.5, 0.6) is 17.6 Å². The van der Waals surface area contributed by atoms with Crippen molar-refractivity contribution in [2.24, 2.45) is 0 Å². The Morgan fingerprint density at radius 2 is 1.39 bits per heavy atom. The van der Waals surface area contributed by atoms with Crippen LogP contribution in [-0.2, 0) is 0 Å². The molecule has 0 fully saturated rings. The van der Waals surface area contributed by atoms with E-state index >= 15 is 0 Å². The number of hydrogen-bond donors (Lipinski definition) is 4. The van der Waals surface area contributed by atoms with Gasteiger partial charge in [0.1, 0.15) is 0 Å². The third kappa shape index (κ3) is 4.70. The number of methoxy groups -OCH3 is 3. The van der Waals surface area contributed by atoms with E-state index in [4.69, 9.17) is 31.4 Å². The van der Waals surface area contributed by atoms with Crippen LogP contribution in [0.2, 0.25) is 0 Å². The number of aromatic nitrogens is 2. The van der Waals surface area contributed by atoms with Crippen molar-refractivity contribution in [3.63, 3.8) is 0 Å². The van der Waals surface area contributed by atoms with E-state index in [9.17, 15) is 0 Å². The summed E-state index contributed by atoms with van der Waals surface area (Å²) < 4.78 is 14.6. The third-order valence-corrected chi connectivity index (χ3v) is 2.74. The molecule has 7 N–H and O–H groups in total. The third-order valence-electron chi connectivity index (χ3n) is 2.74. The van der Waals surface area contributed by atoms with E-state index in [-0.39, 0.29) is 0 Å². The summed E-state index contributed by atoms with van der Waals surface area (Å²) in [5, 5.41) is 2.85. The predicted octanol–water partition coefficient (Wildman–Crippen LogP) is 0.977. The van der Waals surface area contributed by atoms with Gasteiger partial charge in [-0.25, -0.2) is 0 Å². The predicted molar refractivity (Wildman–Crippen MR) is 90.9 cm³/mol. The number of hydrogen-bond acceptors (Lipinski definition) is 9. The van der Waals surface area contributed by atoms with E-state index in [0.29, 0.717) is 40.5 Å². The van der Waals surface area contributed by atoms with Crippen LogP contribution >= 0.6 is 0 Å². The van der Waals surface area contributed by atoms with Crippen LogP contribution < -0.4 is 36.7 Å². The smallest absolute Gasteiger partial charge is 0.240 e. The highest BCUT2D eigenvalue weighted by Crippen LogP contribution is 2.27. The van der Waals surface area contributed by atoms with Gasteiger partial charge in [0, 0.05) is 13.1 Å². The van der Waals surface area contributed by atoms with E-state index in [1.54, 1.807) is 32.4 Å². The second-order valence-corrected chi connectivity index (χ2v) is 4.23. The summed E-state index contributed by atoms with van der Waals surface area (Å²) >= 11 is 0. The number of nitrogens with two attached hydrogens (primary N) is 3. The maximum absolute atomic E-state index is 5.57. The highest BCUT2D eigenvalue weighted by Gasteiger charge is 2.07. The van der Waals surface area contributed by atoms with Crippen LogP contribution in [0.4, 0.5) is 22.9 Å². The molecule has 0 radical (unpaired) electrons. The topological polar surface area (TPSA) is 144 Å². The van der Waals surface area contributed by atoms with E-state index in [0.717, 1.165) is 0 Å². The van der Waals surface area contributed by atoms with E-state index in [1.165, 1.54) is 14.2 Å². The van der Waals surface area contributed by atoms with Crippen molar-refractivity contribution in [1.29, 1.82) is 0 Å². The maximum Gasteiger partial charge on any atom is 0.240 e. The van der Waals surface area contributed by atoms with Gasteiger partial charge in [-0.15, -0.1) is 0 Å². The first-order chi connectivity index (χ1) is 11.0. The van der Waals surface area contributed by atoms with Gasteiger partial charge >= 0.3 is 0 Å². The number of nitrogens with zero attached hydrogens (tertiary/aromatic N) is 2. The lowest BCUT2D eigenvalue weighted by Crippen LogP contribution is -2.01. The zero-order valence-electron chi connectivity index (χ0n) is 13.6. The fourth-order valence-corrected chi connectivity index (χ4v) is 1.61. The summed E-state index contributed by atoms with van der Waals surface area (Å²) in [6, 6.07) is 5.01. The van der Waals surface area contributed by atoms with Gasteiger partial charge in [0.15, 0.2) is 5.82 Å². The van der Waals surface area contributed by atoms with Gasteiger partial charge in [-0.1, -0.05) is 0 Å². The molecule has 0 saturated carbocycles. The lowest BCUT2D eigenvalue weighted by atomic mass is 10.3. The van der Waals surface area contributed by atoms with Crippen molar-refractivity contribution in [2.45, 2.75) is 0 Å². The SMILES string of the molecule is CNc1nc(OC)ccc1N.COc1nc(OC)c(N)cc1N. The molecule has 0 spiro atoms. The highest BCUT2D eigenvalue weighted by atomic mass is 16.5. The Kier molecular flexibility index (Phi) is 6.53. The molecule has 9 heteroatoms. The summed E-state index contributed by atoms with van der Waals surface area (Å²) in [7, 11) is 6.29. The number of rotatable bonds is 4. The molecule has 0 bridgehead atoms. The van der Waals surface area contributed by atoms with Gasteiger partial charge < -0.3 is 36.7 Å². The first-order valence-corrected chi connectivity index (χ1v) is 6.59. The molecule has 0 aromatic carbocycles. The molecule has 2 heterocycles. The fourth-order valence-electron chi connectivity index (χ4n) is 1.61. The van der Waals surface area contributed by atoms with Crippen molar-refractivity contribution in [3.05, 3.63) is 18.2 Å². The van der Waals surface area contributed by atoms with Gasteiger partial charge in [0.25, 0.3) is 0 Å². The van der Waals surface area contributed by atoms with Crippen LogP contribution in [0.3, 0.4) is 0 Å². The van der Waals surface area contributed by atoms with Gasteiger partial charge in [0.05, 0.1) is 38.4 Å². The number of anilines is 4. The Morgan fingerprint density at radius 1 is 0.826 bits per heavy atom. The summed E-state index contributed by atoms with van der Waals surface area (Å²) in [6.45, 7) is 0. The van der Waals surface area contributed by atoms with Gasteiger partial charge in [-0.2, -0.15) is 9.97 Å². The Hall–Kier alpha value is -3.10. The molecule has 9 nitrogen and oxygen atoms in total. The summed E-state index contributed by atoms with van der Waals surface area (Å²) in [5.74, 6) is 1.84. The zero-order valence-corrected chi connectivity index (χ0v) is 13.6.